The van der Waals surface area contributed by atoms with Gasteiger partial charge in [-0.25, -0.2) is 0 Å². The number of hydrogen-bond acceptors (Lipinski definition) is 2. The standard InChI is InChI=1S/C18H30N2O/c1-6-15-7-9-16(10-8-15)14(2)20-13-17(21)19-12-11-18(3,4)5/h7-10,14,20H,6,11-13H2,1-5H3,(H,19,21). The molecule has 2 N–H and O–H groups in total. The average molecular weight is 290 g/mol. The molecule has 3 heteroatoms. The minimum Gasteiger partial charge on any atom is -0.355 e. The summed E-state index contributed by atoms with van der Waals surface area (Å²) in [6.45, 7) is 11.9. The van der Waals surface area contributed by atoms with Crippen LogP contribution in [0.25, 0.3) is 0 Å². The summed E-state index contributed by atoms with van der Waals surface area (Å²) >= 11 is 0. The fraction of sp³-hybridized carbons (Fsp3) is 0.611. The Kier molecular flexibility index (Phi) is 6.90. The third kappa shape index (κ3) is 7.28. The maximum Gasteiger partial charge on any atom is 0.233 e. The number of amides is 1. The summed E-state index contributed by atoms with van der Waals surface area (Å²) in [4.78, 5) is 11.8. The molecule has 21 heavy (non-hydrogen) atoms. The molecule has 0 bridgehead atoms. The zero-order valence-corrected chi connectivity index (χ0v) is 14.1. The van der Waals surface area contributed by atoms with Gasteiger partial charge in [-0.1, -0.05) is 52.0 Å². The van der Waals surface area contributed by atoms with E-state index in [4.69, 9.17) is 0 Å². The molecule has 118 valence electrons. The van der Waals surface area contributed by atoms with E-state index in [1.807, 2.05) is 0 Å². The normalized spacial score (nSPS) is 13.0. The Bertz CT molecular complexity index is 432. The maximum absolute atomic E-state index is 11.8. The van der Waals surface area contributed by atoms with Crippen LogP contribution in [-0.4, -0.2) is 19.0 Å². The highest BCUT2D eigenvalue weighted by molar-refractivity contribution is 5.78. The van der Waals surface area contributed by atoms with E-state index in [-0.39, 0.29) is 17.4 Å². The summed E-state index contributed by atoms with van der Waals surface area (Å²) in [5.41, 5.74) is 2.82. The van der Waals surface area contributed by atoms with Crippen LogP contribution < -0.4 is 10.6 Å². The Morgan fingerprint density at radius 2 is 1.81 bits per heavy atom. The lowest BCUT2D eigenvalue weighted by Gasteiger charge is -2.19. The lowest BCUT2D eigenvalue weighted by molar-refractivity contribution is -0.120. The Balaban J connectivity index is 2.31. The Hall–Kier alpha value is -1.35. The molecule has 0 aliphatic heterocycles. The van der Waals surface area contributed by atoms with Crippen molar-refractivity contribution >= 4 is 5.91 Å². The minimum atomic E-state index is 0.0660. The second-order valence-electron chi connectivity index (χ2n) is 6.86. The van der Waals surface area contributed by atoms with E-state index in [0.717, 1.165) is 19.4 Å². The number of benzene rings is 1. The van der Waals surface area contributed by atoms with Gasteiger partial charge in [0.05, 0.1) is 6.54 Å². The molecule has 0 heterocycles. The van der Waals surface area contributed by atoms with Crippen molar-refractivity contribution in [3.05, 3.63) is 35.4 Å². The minimum absolute atomic E-state index is 0.0660. The molecule has 0 aliphatic carbocycles. The first-order chi connectivity index (χ1) is 9.81. The van der Waals surface area contributed by atoms with Crippen LogP contribution in [0.2, 0.25) is 0 Å². The largest absolute Gasteiger partial charge is 0.355 e. The van der Waals surface area contributed by atoms with Crippen LogP contribution in [0.15, 0.2) is 24.3 Å². The molecule has 1 atom stereocenters. The molecule has 1 amide bonds. The second kappa shape index (κ2) is 8.18. The lowest BCUT2D eigenvalue weighted by Crippen LogP contribution is -2.36. The van der Waals surface area contributed by atoms with Crippen LogP contribution in [0.1, 0.15) is 58.2 Å². The Morgan fingerprint density at radius 1 is 1.19 bits per heavy atom. The van der Waals surface area contributed by atoms with Crippen LogP contribution in [0, 0.1) is 5.41 Å². The van der Waals surface area contributed by atoms with E-state index in [1.165, 1.54) is 11.1 Å². The molecule has 1 rings (SSSR count). The van der Waals surface area contributed by atoms with Crippen molar-refractivity contribution in [2.24, 2.45) is 5.41 Å². The quantitative estimate of drug-likeness (QED) is 0.807. The van der Waals surface area contributed by atoms with Crippen LogP contribution in [0.4, 0.5) is 0 Å². The summed E-state index contributed by atoms with van der Waals surface area (Å²) in [6, 6.07) is 8.75. The van der Waals surface area contributed by atoms with Crippen molar-refractivity contribution in [3.63, 3.8) is 0 Å². The molecule has 0 saturated carbocycles. The smallest absolute Gasteiger partial charge is 0.233 e. The van der Waals surface area contributed by atoms with Gasteiger partial charge in [0.2, 0.25) is 5.91 Å². The summed E-state index contributed by atoms with van der Waals surface area (Å²) in [7, 11) is 0. The molecular weight excluding hydrogens is 260 g/mol. The molecule has 1 unspecified atom stereocenters. The molecule has 1 aromatic carbocycles. The SMILES string of the molecule is CCc1ccc(C(C)NCC(=O)NCCC(C)(C)C)cc1. The number of nitrogens with one attached hydrogen (secondary N) is 2. The van der Waals surface area contributed by atoms with E-state index >= 15 is 0 Å². The molecular formula is C18H30N2O. The highest BCUT2D eigenvalue weighted by Gasteiger charge is 2.11. The number of hydrogen-bond donors (Lipinski definition) is 2. The first-order valence-electron chi connectivity index (χ1n) is 7.91. The fourth-order valence-electron chi connectivity index (χ4n) is 2.05. The fourth-order valence-corrected chi connectivity index (χ4v) is 2.05. The van der Waals surface area contributed by atoms with Gasteiger partial charge in [0.15, 0.2) is 0 Å². The summed E-state index contributed by atoms with van der Waals surface area (Å²) in [5.74, 6) is 0.0660. The zero-order valence-electron chi connectivity index (χ0n) is 14.1. The van der Waals surface area contributed by atoms with E-state index in [0.29, 0.717) is 6.54 Å². The van der Waals surface area contributed by atoms with Crippen LogP contribution in [0.5, 0.6) is 0 Å². The van der Waals surface area contributed by atoms with Gasteiger partial charge in [0.1, 0.15) is 0 Å². The molecule has 0 fully saturated rings. The summed E-state index contributed by atoms with van der Waals surface area (Å²) in [6.07, 6.45) is 2.05. The van der Waals surface area contributed by atoms with Crippen LogP contribution >= 0.6 is 0 Å². The van der Waals surface area contributed by atoms with Gasteiger partial charge in [0, 0.05) is 12.6 Å². The van der Waals surface area contributed by atoms with Gasteiger partial charge in [-0.3, -0.25) is 4.79 Å². The molecule has 3 nitrogen and oxygen atoms in total. The van der Waals surface area contributed by atoms with E-state index in [2.05, 4.69) is 69.5 Å². The third-order valence-corrected chi connectivity index (χ3v) is 3.65. The predicted octanol–water partition coefficient (Wildman–Crippen LogP) is 3.45. The van der Waals surface area contributed by atoms with Gasteiger partial charge in [-0.15, -0.1) is 0 Å². The van der Waals surface area contributed by atoms with Crippen molar-refractivity contribution in [1.29, 1.82) is 0 Å². The average Bonchev–Trinajstić information content (AvgIpc) is 2.43. The van der Waals surface area contributed by atoms with Gasteiger partial charge < -0.3 is 10.6 Å². The van der Waals surface area contributed by atoms with Crippen molar-refractivity contribution in [2.75, 3.05) is 13.1 Å². The topological polar surface area (TPSA) is 41.1 Å². The molecule has 0 aliphatic rings. The van der Waals surface area contributed by atoms with Gasteiger partial charge >= 0.3 is 0 Å². The number of rotatable bonds is 7. The summed E-state index contributed by atoms with van der Waals surface area (Å²) < 4.78 is 0. The van der Waals surface area contributed by atoms with Crippen molar-refractivity contribution in [1.82, 2.24) is 10.6 Å². The van der Waals surface area contributed by atoms with E-state index < -0.39 is 0 Å². The van der Waals surface area contributed by atoms with E-state index in [9.17, 15) is 4.79 Å². The number of aryl methyl sites for hydroxylation is 1. The highest BCUT2D eigenvalue weighted by atomic mass is 16.1. The molecule has 0 aromatic heterocycles. The van der Waals surface area contributed by atoms with Crippen molar-refractivity contribution in [2.45, 2.75) is 53.5 Å². The first-order valence-corrected chi connectivity index (χ1v) is 7.91. The van der Waals surface area contributed by atoms with Gasteiger partial charge in [-0.05, 0) is 36.3 Å². The molecule has 0 radical (unpaired) electrons. The monoisotopic (exact) mass is 290 g/mol. The van der Waals surface area contributed by atoms with Crippen LogP contribution in [0.3, 0.4) is 0 Å². The predicted molar refractivity (Wildman–Crippen MR) is 89.3 cm³/mol. The first kappa shape index (κ1) is 17.7. The lowest BCUT2D eigenvalue weighted by atomic mass is 9.92. The third-order valence-electron chi connectivity index (χ3n) is 3.65. The molecule has 0 saturated heterocycles. The summed E-state index contributed by atoms with van der Waals surface area (Å²) in [5, 5.41) is 6.23. The molecule has 1 aromatic rings. The van der Waals surface area contributed by atoms with Gasteiger partial charge in [0.25, 0.3) is 0 Å². The molecule has 0 spiro atoms. The highest BCUT2D eigenvalue weighted by Crippen LogP contribution is 2.17. The van der Waals surface area contributed by atoms with Crippen molar-refractivity contribution in [3.8, 4) is 0 Å². The Morgan fingerprint density at radius 3 is 2.33 bits per heavy atom. The van der Waals surface area contributed by atoms with Gasteiger partial charge in [-0.2, -0.15) is 0 Å². The number of carbonyl (C=O) groups excluding carboxylic acids is 1. The maximum atomic E-state index is 11.8. The van der Waals surface area contributed by atoms with E-state index in [1.54, 1.807) is 0 Å². The number of carbonyl (C=O) groups is 1. The zero-order chi connectivity index (χ0) is 15.9. The van der Waals surface area contributed by atoms with Crippen molar-refractivity contribution < 1.29 is 4.79 Å². The Labute approximate surface area is 129 Å². The van der Waals surface area contributed by atoms with Crippen LogP contribution in [-0.2, 0) is 11.2 Å². The second-order valence-corrected chi connectivity index (χ2v) is 6.86.